The van der Waals surface area contributed by atoms with Crippen LogP contribution in [0.5, 0.6) is 0 Å². The second kappa shape index (κ2) is 6.33. The van der Waals surface area contributed by atoms with Crippen molar-refractivity contribution < 1.29 is 13.2 Å². The lowest BCUT2D eigenvalue weighted by atomic mass is 9.84. The van der Waals surface area contributed by atoms with Crippen LogP contribution in [0.25, 0.3) is 0 Å². The van der Waals surface area contributed by atoms with E-state index in [1.807, 2.05) is 0 Å². The summed E-state index contributed by atoms with van der Waals surface area (Å²) >= 11 is 5.90. The Kier molecular flexibility index (Phi) is 4.73. The van der Waals surface area contributed by atoms with Crippen molar-refractivity contribution in [3.63, 3.8) is 0 Å². The Morgan fingerprint density at radius 2 is 2.13 bits per heavy atom. The van der Waals surface area contributed by atoms with Crippen LogP contribution >= 0.6 is 11.6 Å². The van der Waals surface area contributed by atoms with Crippen molar-refractivity contribution in [2.24, 2.45) is 5.92 Å². The molecule has 7 heteroatoms. The van der Waals surface area contributed by atoms with Gasteiger partial charge in [0.25, 0.3) is 0 Å². The lowest BCUT2D eigenvalue weighted by Crippen LogP contribution is -2.66. The molecule has 2 aliphatic rings. The van der Waals surface area contributed by atoms with Crippen LogP contribution in [0.1, 0.15) is 12.8 Å². The molecule has 0 bridgehead atoms. The second-order valence-corrected chi connectivity index (χ2v) is 9.27. The van der Waals surface area contributed by atoms with E-state index in [0.717, 1.165) is 19.4 Å². The Bertz CT molecular complexity index is 662. The summed E-state index contributed by atoms with van der Waals surface area (Å²) in [4.78, 5) is 2.42. The van der Waals surface area contributed by atoms with Crippen LogP contribution in [0.3, 0.4) is 0 Å². The highest BCUT2D eigenvalue weighted by Crippen LogP contribution is 2.39. The standard InChI is InChI=1S/C16H23ClN2O3S/c1-18(2)9-13-6-7-16(22-10-13)11-19(12-16)23(20,21)15-5-3-4-14(17)8-15/h3-5,8,13H,6-7,9-12H2,1-2H3/t13-/m1/s1. The summed E-state index contributed by atoms with van der Waals surface area (Å²) in [6, 6.07) is 6.42. The smallest absolute Gasteiger partial charge is 0.243 e. The molecule has 1 aromatic rings. The number of nitrogens with zero attached hydrogens (tertiary/aromatic N) is 2. The van der Waals surface area contributed by atoms with Crippen LogP contribution in [0.15, 0.2) is 29.2 Å². The van der Waals surface area contributed by atoms with Gasteiger partial charge in [0, 0.05) is 24.7 Å². The topological polar surface area (TPSA) is 49.9 Å². The first-order valence-corrected chi connectivity index (χ1v) is 9.67. The van der Waals surface area contributed by atoms with E-state index in [-0.39, 0.29) is 10.5 Å². The van der Waals surface area contributed by atoms with Crippen molar-refractivity contribution in [3.8, 4) is 0 Å². The normalized spacial score (nSPS) is 24.8. The fourth-order valence-electron chi connectivity index (χ4n) is 3.37. The molecule has 3 rings (SSSR count). The first kappa shape index (κ1) is 17.2. The third kappa shape index (κ3) is 3.56. The summed E-state index contributed by atoms with van der Waals surface area (Å²) in [7, 11) is 0.653. The summed E-state index contributed by atoms with van der Waals surface area (Å²) < 4.78 is 32.7. The number of rotatable bonds is 4. The number of halogens is 1. The minimum Gasteiger partial charge on any atom is -0.372 e. The third-order valence-electron chi connectivity index (χ3n) is 4.62. The molecule has 2 fully saturated rings. The van der Waals surface area contributed by atoms with Gasteiger partial charge in [-0.15, -0.1) is 0 Å². The molecule has 23 heavy (non-hydrogen) atoms. The molecule has 0 aromatic heterocycles. The summed E-state index contributed by atoms with van der Waals surface area (Å²) in [6.07, 6.45) is 2.01. The maximum atomic E-state index is 12.6. The van der Waals surface area contributed by atoms with Crippen molar-refractivity contribution in [3.05, 3.63) is 29.3 Å². The number of hydrogen-bond donors (Lipinski definition) is 0. The van der Waals surface area contributed by atoms with E-state index in [1.165, 1.54) is 10.4 Å². The molecule has 1 atom stereocenters. The molecule has 2 heterocycles. The summed E-state index contributed by atoms with van der Waals surface area (Å²) in [5.74, 6) is 0.536. The van der Waals surface area contributed by atoms with Gasteiger partial charge in [-0.2, -0.15) is 4.31 Å². The van der Waals surface area contributed by atoms with Crippen LogP contribution in [0.2, 0.25) is 5.02 Å². The van der Waals surface area contributed by atoms with Gasteiger partial charge in [-0.25, -0.2) is 8.42 Å². The predicted molar refractivity (Wildman–Crippen MR) is 90.2 cm³/mol. The Labute approximate surface area is 143 Å². The van der Waals surface area contributed by atoms with Gasteiger partial charge in [0.05, 0.1) is 17.1 Å². The van der Waals surface area contributed by atoms with Gasteiger partial charge in [-0.05, 0) is 51.1 Å². The average Bonchev–Trinajstić information content (AvgIpc) is 2.45. The molecule has 0 unspecified atom stereocenters. The molecular formula is C16H23ClN2O3S. The molecule has 128 valence electrons. The maximum absolute atomic E-state index is 12.6. The van der Waals surface area contributed by atoms with Crippen molar-refractivity contribution >= 4 is 21.6 Å². The van der Waals surface area contributed by atoms with Crippen molar-refractivity contribution in [1.29, 1.82) is 0 Å². The molecule has 0 radical (unpaired) electrons. The molecule has 0 N–H and O–H groups in total. The van der Waals surface area contributed by atoms with Gasteiger partial charge in [-0.3, -0.25) is 0 Å². The van der Waals surface area contributed by atoms with Gasteiger partial charge in [-0.1, -0.05) is 17.7 Å². The summed E-state index contributed by atoms with van der Waals surface area (Å²) in [6.45, 7) is 2.61. The SMILES string of the molecule is CN(C)C[C@H]1CCC2(CN(S(=O)(=O)c3cccc(Cl)c3)C2)OC1. The molecule has 2 aliphatic heterocycles. The zero-order valence-electron chi connectivity index (χ0n) is 13.5. The van der Waals surface area contributed by atoms with E-state index in [4.69, 9.17) is 16.3 Å². The summed E-state index contributed by atoms with van der Waals surface area (Å²) in [5.41, 5.74) is -0.283. The lowest BCUT2D eigenvalue weighted by molar-refractivity contribution is -0.158. The lowest BCUT2D eigenvalue weighted by Gasteiger charge is -2.52. The first-order chi connectivity index (χ1) is 10.8. The van der Waals surface area contributed by atoms with Gasteiger partial charge >= 0.3 is 0 Å². The van der Waals surface area contributed by atoms with Crippen LogP contribution in [0, 0.1) is 5.92 Å². The Hall–Kier alpha value is -0.660. The zero-order valence-corrected chi connectivity index (χ0v) is 15.1. The van der Waals surface area contributed by atoms with Crippen molar-refractivity contribution in [2.75, 3.05) is 40.3 Å². The van der Waals surface area contributed by atoms with E-state index in [0.29, 0.717) is 30.6 Å². The van der Waals surface area contributed by atoms with Gasteiger partial charge in [0.1, 0.15) is 0 Å². The zero-order chi connectivity index (χ0) is 16.7. The molecule has 1 aromatic carbocycles. The highest BCUT2D eigenvalue weighted by Gasteiger charge is 2.51. The van der Waals surface area contributed by atoms with Crippen LogP contribution in [-0.2, 0) is 14.8 Å². The fraction of sp³-hybridized carbons (Fsp3) is 0.625. The highest BCUT2D eigenvalue weighted by molar-refractivity contribution is 7.89. The first-order valence-electron chi connectivity index (χ1n) is 7.85. The van der Waals surface area contributed by atoms with Gasteiger partial charge in [0.15, 0.2) is 0 Å². The Balaban J connectivity index is 1.61. The minimum absolute atomic E-state index is 0.251. The maximum Gasteiger partial charge on any atom is 0.243 e. The van der Waals surface area contributed by atoms with Crippen molar-refractivity contribution in [2.45, 2.75) is 23.3 Å². The summed E-state index contributed by atoms with van der Waals surface area (Å²) in [5, 5.41) is 0.432. The average molecular weight is 359 g/mol. The van der Waals surface area contributed by atoms with E-state index in [1.54, 1.807) is 18.2 Å². The molecular weight excluding hydrogens is 336 g/mol. The minimum atomic E-state index is -3.47. The fourth-order valence-corrected chi connectivity index (χ4v) is 5.26. The van der Waals surface area contributed by atoms with E-state index >= 15 is 0 Å². The van der Waals surface area contributed by atoms with E-state index in [2.05, 4.69) is 19.0 Å². The second-order valence-electron chi connectivity index (χ2n) is 6.89. The monoisotopic (exact) mass is 358 g/mol. The molecule has 2 saturated heterocycles. The van der Waals surface area contributed by atoms with Gasteiger partial charge in [0.2, 0.25) is 10.0 Å². The number of benzene rings is 1. The number of sulfonamides is 1. The van der Waals surface area contributed by atoms with Crippen molar-refractivity contribution in [1.82, 2.24) is 9.21 Å². The number of hydrogen-bond acceptors (Lipinski definition) is 4. The highest BCUT2D eigenvalue weighted by atomic mass is 35.5. The van der Waals surface area contributed by atoms with Crippen LogP contribution in [-0.4, -0.2) is 63.6 Å². The molecule has 1 spiro atoms. The molecule has 0 saturated carbocycles. The van der Waals surface area contributed by atoms with Crippen LogP contribution < -0.4 is 0 Å². The molecule has 0 aliphatic carbocycles. The Morgan fingerprint density at radius 3 is 2.70 bits per heavy atom. The van der Waals surface area contributed by atoms with Crippen LogP contribution in [0.4, 0.5) is 0 Å². The Morgan fingerprint density at radius 1 is 1.39 bits per heavy atom. The van der Waals surface area contributed by atoms with E-state index in [9.17, 15) is 8.42 Å². The quantitative estimate of drug-likeness (QED) is 0.826. The van der Waals surface area contributed by atoms with E-state index < -0.39 is 10.0 Å². The largest absolute Gasteiger partial charge is 0.372 e. The molecule has 5 nitrogen and oxygen atoms in total. The van der Waals surface area contributed by atoms with Gasteiger partial charge < -0.3 is 9.64 Å². The molecule has 0 amide bonds. The number of ether oxygens (including phenoxy) is 1. The predicted octanol–water partition coefficient (Wildman–Crippen LogP) is 2.07. The third-order valence-corrected chi connectivity index (χ3v) is 6.64.